The summed E-state index contributed by atoms with van der Waals surface area (Å²) >= 11 is 0. The van der Waals surface area contributed by atoms with Crippen LogP contribution in [0.5, 0.6) is 11.5 Å². The van der Waals surface area contributed by atoms with Crippen molar-refractivity contribution in [3.05, 3.63) is 54.1 Å². The number of fused-ring (bicyclic) bond motifs is 1. The van der Waals surface area contributed by atoms with Crippen LogP contribution in [0.4, 0.5) is 5.69 Å². The number of quaternary nitrogens is 1. The van der Waals surface area contributed by atoms with Gasteiger partial charge in [-0.15, -0.1) is 0 Å². The van der Waals surface area contributed by atoms with E-state index >= 15 is 0 Å². The first-order valence-corrected chi connectivity index (χ1v) is 10.4. The van der Waals surface area contributed by atoms with Gasteiger partial charge in [0.05, 0.1) is 32.7 Å². The zero-order chi connectivity index (χ0) is 20.2. The summed E-state index contributed by atoms with van der Waals surface area (Å²) in [6, 6.07) is 16.2. The summed E-state index contributed by atoms with van der Waals surface area (Å²) < 4.78 is 11.7. The molecule has 0 spiro atoms. The van der Waals surface area contributed by atoms with Crippen LogP contribution in [0, 0.1) is 6.92 Å². The van der Waals surface area contributed by atoms with Gasteiger partial charge in [-0.05, 0) is 30.7 Å². The number of likely N-dealkylation sites (N-methyl/N-ethyl adjacent to an activating group) is 1. The lowest BCUT2D eigenvalue weighted by Crippen LogP contribution is -3.15. The van der Waals surface area contributed by atoms with Crippen LogP contribution in [0.1, 0.15) is 5.56 Å². The van der Waals surface area contributed by atoms with Crippen molar-refractivity contribution in [1.29, 1.82) is 0 Å². The molecule has 29 heavy (non-hydrogen) atoms. The highest BCUT2D eigenvalue weighted by molar-refractivity contribution is 5.76. The SMILES string of the molecule is Cc1ccccc1N1CC[NH+](CC(=O)N(C)C[C@@H]2COc3ccccc3O2)CC1. The highest BCUT2D eigenvalue weighted by Gasteiger charge is 2.27. The molecule has 0 unspecified atom stereocenters. The molecule has 1 N–H and O–H groups in total. The molecular formula is C23H30N3O3+. The number of para-hydroxylation sites is 3. The van der Waals surface area contributed by atoms with Crippen molar-refractivity contribution in [3.8, 4) is 11.5 Å². The first-order chi connectivity index (χ1) is 14.1. The zero-order valence-corrected chi connectivity index (χ0v) is 17.3. The Labute approximate surface area is 172 Å². The molecule has 0 saturated carbocycles. The quantitative estimate of drug-likeness (QED) is 0.819. The van der Waals surface area contributed by atoms with Gasteiger partial charge >= 0.3 is 0 Å². The third-order valence-corrected chi connectivity index (χ3v) is 5.80. The molecular weight excluding hydrogens is 366 g/mol. The molecule has 2 aromatic rings. The Balaban J connectivity index is 1.24. The number of aryl methyl sites for hydroxylation is 1. The molecule has 4 rings (SSSR count). The van der Waals surface area contributed by atoms with Gasteiger partial charge in [-0.1, -0.05) is 30.3 Å². The minimum Gasteiger partial charge on any atom is -0.486 e. The third-order valence-electron chi connectivity index (χ3n) is 5.80. The second-order valence-corrected chi connectivity index (χ2v) is 7.97. The summed E-state index contributed by atoms with van der Waals surface area (Å²) in [4.78, 5) is 18.3. The van der Waals surface area contributed by atoms with Crippen molar-refractivity contribution >= 4 is 11.6 Å². The van der Waals surface area contributed by atoms with Gasteiger partial charge in [0.1, 0.15) is 6.61 Å². The molecule has 6 nitrogen and oxygen atoms in total. The number of benzene rings is 2. The second kappa shape index (κ2) is 8.74. The summed E-state index contributed by atoms with van der Waals surface area (Å²) in [6.07, 6.45) is -0.133. The van der Waals surface area contributed by atoms with Gasteiger partial charge in [0.15, 0.2) is 24.1 Å². The van der Waals surface area contributed by atoms with Crippen LogP contribution in [0.2, 0.25) is 0 Å². The predicted molar refractivity (Wildman–Crippen MR) is 113 cm³/mol. The lowest BCUT2D eigenvalue weighted by molar-refractivity contribution is -0.892. The van der Waals surface area contributed by atoms with E-state index in [2.05, 4.69) is 36.1 Å². The summed E-state index contributed by atoms with van der Waals surface area (Å²) in [5.74, 6) is 1.68. The smallest absolute Gasteiger partial charge is 0.277 e. The van der Waals surface area contributed by atoms with Crippen molar-refractivity contribution in [3.63, 3.8) is 0 Å². The Kier molecular flexibility index (Phi) is 5.90. The standard InChI is InChI=1S/C23H29N3O3/c1-18-7-3-4-8-20(18)26-13-11-25(12-14-26)16-23(27)24(2)15-19-17-28-21-9-5-6-10-22(21)29-19/h3-10,19H,11-17H2,1-2H3/p+1/t19-/m1/s1. The molecule has 2 heterocycles. The Morgan fingerprint density at radius 1 is 1.10 bits per heavy atom. The van der Waals surface area contributed by atoms with Crippen molar-refractivity contribution in [2.75, 3.05) is 57.8 Å². The maximum Gasteiger partial charge on any atom is 0.277 e. The number of carbonyl (C=O) groups is 1. The molecule has 6 heteroatoms. The fraction of sp³-hybridized carbons (Fsp3) is 0.435. The summed E-state index contributed by atoms with van der Waals surface area (Å²) in [5, 5.41) is 0. The van der Waals surface area contributed by atoms with Gasteiger partial charge in [-0.2, -0.15) is 0 Å². The van der Waals surface area contributed by atoms with E-state index in [0.29, 0.717) is 19.7 Å². The summed E-state index contributed by atoms with van der Waals surface area (Å²) in [7, 11) is 1.86. The van der Waals surface area contributed by atoms with E-state index in [1.807, 2.05) is 31.3 Å². The number of nitrogens with zero attached hydrogens (tertiary/aromatic N) is 2. The molecule has 2 aromatic carbocycles. The molecule has 0 aliphatic carbocycles. The predicted octanol–water partition coefficient (Wildman–Crippen LogP) is 0.998. The number of rotatable bonds is 5. The summed E-state index contributed by atoms with van der Waals surface area (Å²) in [6.45, 7) is 7.60. The number of hydrogen-bond donors (Lipinski definition) is 1. The number of carbonyl (C=O) groups excluding carboxylic acids is 1. The Hall–Kier alpha value is -2.73. The van der Waals surface area contributed by atoms with E-state index in [1.54, 1.807) is 4.90 Å². The molecule has 1 saturated heterocycles. The van der Waals surface area contributed by atoms with Crippen LogP contribution in [-0.2, 0) is 4.79 Å². The lowest BCUT2D eigenvalue weighted by atomic mass is 10.1. The molecule has 1 fully saturated rings. The molecule has 0 radical (unpaired) electrons. The highest BCUT2D eigenvalue weighted by Crippen LogP contribution is 2.30. The van der Waals surface area contributed by atoms with Crippen molar-refractivity contribution in [2.45, 2.75) is 13.0 Å². The molecule has 154 valence electrons. The van der Waals surface area contributed by atoms with Gasteiger partial charge in [0, 0.05) is 12.7 Å². The van der Waals surface area contributed by atoms with Crippen LogP contribution in [0.3, 0.4) is 0 Å². The lowest BCUT2D eigenvalue weighted by Gasteiger charge is -2.35. The third kappa shape index (κ3) is 4.65. The topological polar surface area (TPSA) is 46.5 Å². The van der Waals surface area contributed by atoms with Gasteiger partial charge in [0.25, 0.3) is 5.91 Å². The van der Waals surface area contributed by atoms with E-state index in [4.69, 9.17) is 9.47 Å². The van der Waals surface area contributed by atoms with Gasteiger partial charge < -0.3 is 24.2 Å². The van der Waals surface area contributed by atoms with Gasteiger partial charge in [0.2, 0.25) is 0 Å². The minimum atomic E-state index is -0.133. The van der Waals surface area contributed by atoms with Crippen LogP contribution < -0.4 is 19.3 Å². The van der Waals surface area contributed by atoms with E-state index < -0.39 is 0 Å². The number of nitrogens with one attached hydrogen (secondary N) is 1. The highest BCUT2D eigenvalue weighted by atomic mass is 16.6. The maximum absolute atomic E-state index is 12.7. The number of ether oxygens (including phenoxy) is 2. The number of anilines is 1. The number of hydrogen-bond acceptors (Lipinski definition) is 4. The Morgan fingerprint density at radius 3 is 2.55 bits per heavy atom. The monoisotopic (exact) mass is 396 g/mol. The van der Waals surface area contributed by atoms with Crippen molar-refractivity contribution in [1.82, 2.24) is 4.90 Å². The Morgan fingerprint density at radius 2 is 1.79 bits per heavy atom. The van der Waals surface area contributed by atoms with Gasteiger partial charge in [-0.3, -0.25) is 4.79 Å². The van der Waals surface area contributed by atoms with Gasteiger partial charge in [-0.25, -0.2) is 0 Å². The Bertz CT molecular complexity index is 849. The first-order valence-electron chi connectivity index (χ1n) is 10.4. The van der Waals surface area contributed by atoms with Crippen LogP contribution in [0.25, 0.3) is 0 Å². The van der Waals surface area contributed by atoms with Crippen LogP contribution in [0.15, 0.2) is 48.5 Å². The average molecular weight is 397 g/mol. The van der Waals surface area contributed by atoms with Crippen molar-refractivity contribution < 1.29 is 19.2 Å². The summed E-state index contributed by atoms with van der Waals surface area (Å²) in [5.41, 5.74) is 2.62. The fourth-order valence-electron chi connectivity index (χ4n) is 4.07. The number of amides is 1. The molecule has 1 atom stereocenters. The van der Waals surface area contributed by atoms with E-state index in [1.165, 1.54) is 16.2 Å². The molecule has 0 aromatic heterocycles. The molecule has 1 amide bonds. The second-order valence-electron chi connectivity index (χ2n) is 7.97. The molecule has 2 aliphatic heterocycles. The largest absolute Gasteiger partial charge is 0.486 e. The minimum absolute atomic E-state index is 0.133. The van der Waals surface area contributed by atoms with E-state index in [0.717, 1.165) is 37.7 Å². The maximum atomic E-state index is 12.7. The van der Waals surface area contributed by atoms with E-state index in [9.17, 15) is 4.79 Å². The van der Waals surface area contributed by atoms with Crippen LogP contribution >= 0.6 is 0 Å². The zero-order valence-electron chi connectivity index (χ0n) is 17.3. The first kappa shape index (κ1) is 19.6. The normalized spacial score (nSPS) is 19.1. The molecule has 2 aliphatic rings. The molecule has 0 bridgehead atoms. The fourth-order valence-corrected chi connectivity index (χ4v) is 4.07. The van der Waals surface area contributed by atoms with E-state index in [-0.39, 0.29) is 12.0 Å². The average Bonchev–Trinajstić information content (AvgIpc) is 2.74. The van der Waals surface area contributed by atoms with Crippen molar-refractivity contribution in [2.24, 2.45) is 0 Å². The number of piperazine rings is 1. The van der Waals surface area contributed by atoms with Crippen LogP contribution in [-0.4, -0.2) is 69.8 Å².